The van der Waals surface area contributed by atoms with E-state index < -0.39 is 11.6 Å². The maximum Gasteiger partial charge on any atom is 0.175 e. The van der Waals surface area contributed by atoms with Crippen molar-refractivity contribution in [3.05, 3.63) is 48.0 Å². The molecule has 0 saturated carbocycles. The van der Waals surface area contributed by atoms with Crippen LogP contribution in [-0.4, -0.2) is 32.0 Å². The third kappa shape index (κ3) is 3.35. The summed E-state index contributed by atoms with van der Waals surface area (Å²) in [7, 11) is 1.34. The SMILES string of the molecule is COc1ccc(F)c(-c2ccc(N3CC(N)(CCC=O)C3)cc2)c1F. The van der Waals surface area contributed by atoms with Gasteiger partial charge in [-0.25, -0.2) is 8.78 Å². The van der Waals surface area contributed by atoms with Gasteiger partial charge in [0.2, 0.25) is 0 Å². The zero-order valence-electron chi connectivity index (χ0n) is 14.0. The van der Waals surface area contributed by atoms with Gasteiger partial charge in [0.05, 0.1) is 18.2 Å². The Morgan fingerprint density at radius 2 is 1.88 bits per heavy atom. The van der Waals surface area contributed by atoms with Crippen LogP contribution < -0.4 is 15.4 Å². The molecule has 0 unspecified atom stereocenters. The zero-order valence-corrected chi connectivity index (χ0v) is 14.0. The van der Waals surface area contributed by atoms with E-state index in [1.807, 2.05) is 12.1 Å². The highest BCUT2D eigenvalue weighted by Gasteiger charge is 2.38. The Morgan fingerprint density at radius 3 is 2.48 bits per heavy atom. The number of rotatable bonds is 6. The second-order valence-corrected chi connectivity index (χ2v) is 6.41. The summed E-state index contributed by atoms with van der Waals surface area (Å²) in [6.07, 6.45) is 1.99. The smallest absolute Gasteiger partial charge is 0.175 e. The van der Waals surface area contributed by atoms with E-state index in [9.17, 15) is 13.6 Å². The summed E-state index contributed by atoms with van der Waals surface area (Å²) >= 11 is 0. The van der Waals surface area contributed by atoms with Gasteiger partial charge in [-0.1, -0.05) is 12.1 Å². The molecule has 0 atom stereocenters. The predicted molar refractivity (Wildman–Crippen MR) is 92.8 cm³/mol. The van der Waals surface area contributed by atoms with E-state index in [0.29, 0.717) is 31.5 Å². The molecule has 2 aromatic rings. The van der Waals surface area contributed by atoms with Crippen LogP contribution in [-0.2, 0) is 4.79 Å². The second kappa shape index (κ2) is 6.80. The molecule has 1 aliphatic heterocycles. The Bertz CT molecular complexity index is 772. The third-order valence-electron chi connectivity index (χ3n) is 4.57. The molecule has 1 fully saturated rings. The van der Waals surface area contributed by atoms with Crippen LogP contribution in [0.2, 0.25) is 0 Å². The standard InChI is InChI=1S/C19H20F2N2O2/c1-25-16-8-7-15(20)17(18(16)21)13-3-5-14(6-4-13)23-11-19(22,12-23)9-2-10-24/h3-8,10H,2,9,11-12,22H2,1H3. The molecule has 0 bridgehead atoms. The summed E-state index contributed by atoms with van der Waals surface area (Å²) < 4.78 is 33.3. The number of hydrogen-bond donors (Lipinski definition) is 1. The van der Waals surface area contributed by atoms with Gasteiger partial charge in [-0.3, -0.25) is 0 Å². The second-order valence-electron chi connectivity index (χ2n) is 6.41. The average Bonchev–Trinajstić information content (AvgIpc) is 2.58. The van der Waals surface area contributed by atoms with Crippen molar-refractivity contribution in [2.75, 3.05) is 25.1 Å². The first-order valence-corrected chi connectivity index (χ1v) is 8.07. The van der Waals surface area contributed by atoms with Gasteiger partial charge in [-0.15, -0.1) is 0 Å². The van der Waals surface area contributed by atoms with E-state index >= 15 is 0 Å². The first-order chi connectivity index (χ1) is 12.0. The molecule has 3 rings (SSSR count). The lowest BCUT2D eigenvalue weighted by Gasteiger charge is -2.49. The molecule has 0 radical (unpaired) electrons. The van der Waals surface area contributed by atoms with Crippen LogP contribution in [0.4, 0.5) is 14.5 Å². The molecule has 0 aliphatic carbocycles. The van der Waals surface area contributed by atoms with Crippen molar-refractivity contribution in [1.29, 1.82) is 0 Å². The Labute approximate surface area is 145 Å². The fourth-order valence-electron chi connectivity index (χ4n) is 3.20. The molecule has 0 spiro atoms. The fourth-order valence-corrected chi connectivity index (χ4v) is 3.20. The lowest BCUT2D eigenvalue weighted by atomic mass is 9.86. The van der Waals surface area contributed by atoms with E-state index in [-0.39, 0.29) is 16.9 Å². The Kier molecular flexibility index (Phi) is 4.72. The van der Waals surface area contributed by atoms with Gasteiger partial charge in [0, 0.05) is 25.2 Å². The topological polar surface area (TPSA) is 55.6 Å². The van der Waals surface area contributed by atoms with E-state index in [2.05, 4.69) is 4.90 Å². The maximum absolute atomic E-state index is 14.4. The number of carbonyl (C=O) groups excluding carboxylic acids is 1. The normalized spacial score (nSPS) is 15.6. The van der Waals surface area contributed by atoms with E-state index in [1.165, 1.54) is 19.2 Å². The monoisotopic (exact) mass is 346 g/mol. The number of nitrogens with zero attached hydrogens (tertiary/aromatic N) is 1. The minimum Gasteiger partial charge on any atom is -0.494 e. The van der Waals surface area contributed by atoms with Crippen LogP contribution in [0.3, 0.4) is 0 Å². The van der Waals surface area contributed by atoms with Gasteiger partial charge < -0.3 is 20.2 Å². The maximum atomic E-state index is 14.4. The molecule has 1 aliphatic rings. The predicted octanol–water partition coefficient (Wildman–Crippen LogP) is 3.14. The van der Waals surface area contributed by atoms with Crippen molar-refractivity contribution >= 4 is 12.0 Å². The zero-order chi connectivity index (χ0) is 18.0. The first-order valence-electron chi connectivity index (χ1n) is 8.07. The van der Waals surface area contributed by atoms with Crippen molar-refractivity contribution in [3.63, 3.8) is 0 Å². The minimum absolute atomic E-state index is 0.00585. The number of benzene rings is 2. The summed E-state index contributed by atoms with van der Waals surface area (Å²) in [5.74, 6) is -1.34. The van der Waals surface area contributed by atoms with Crippen LogP contribution in [0.25, 0.3) is 11.1 Å². The van der Waals surface area contributed by atoms with Crippen molar-refractivity contribution in [2.24, 2.45) is 5.73 Å². The molecule has 132 valence electrons. The van der Waals surface area contributed by atoms with E-state index in [0.717, 1.165) is 12.0 Å². The van der Waals surface area contributed by atoms with Gasteiger partial charge in [-0.2, -0.15) is 0 Å². The molecule has 0 amide bonds. The largest absolute Gasteiger partial charge is 0.494 e. The summed E-state index contributed by atoms with van der Waals surface area (Å²) in [5.41, 5.74) is 7.12. The summed E-state index contributed by atoms with van der Waals surface area (Å²) in [6.45, 7) is 1.31. The van der Waals surface area contributed by atoms with Crippen LogP contribution in [0, 0.1) is 11.6 Å². The van der Waals surface area contributed by atoms with Gasteiger partial charge in [0.1, 0.15) is 12.1 Å². The van der Waals surface area contributed by atoms with Crippen molar-refractivity contribution < 1.29 is 18.3 Å². The summed E-state index contributed by atoms with van der Waals surface area (Å²) in [5, 5.41) is 0. The lowest BCUT2D eigenvalue weighted by Crippen LogP contribution is -2.67. The number of anilines is 1. The number of halogens is 2. The van der Waals surface area contributed by atoms with Crippen LogP contribution in [0.5, 0.6) is 5.75 Å². The minimum atomic E-state index is -0.714. The van der Waals surface area contributed by atoms with E-state index in [4.69, 9.17) is 10.5 Å². The van der Waals surface area contributed by atoms with Crippen molar-refractivity contribution in [2.45, 2.75) is 18.4 Å². The van der Waals surface area contributed by atoms with Gasteiger partial charge in [-0.05, 0) is 36.2 Å². The fraction of sp³-hybridized carbons (Fsp3) is 0.316. The van der Waals surface area contributed by atoms with Crippen LogP contribution in [0.1, 0.15) is 12.8 Å². The Morgan fingerprint density at radius 1 is 1.20 bits per heavy atom. The molecule has 2 aromatic carbocycles. The molecule has 0 aromatic heterocycles. The van der Waals surface area contributed by atoms with Crippen LogP contribution in [0.15, 0.2) is 36.4 Å². The number of hydrogen-bond acceptors (Lipinski definition) is 4. The molecule has 25 heavy (non-hydrogen) atoms. The molecule has 6 heteroatoms. The summed E-state index contributed by atoms with van der Waals surface area (Å²) in [6, 6.07) is 9.44. The number of aldehydes is 1. The van der Waals surface area contributed by atoms with Crippen LogP contribution >= 0.6 is 0 Å². The molecule has 2 N–H and O–H groups in total. The molecular weight excluding hydrogens is 326 g/mol. The van der Waals surface area contributed by atoms with Gasteiger partial charge >= 0.3 is 0 Å². The number of ether oxygens (including phenoxy) is 1. The van der Waals surface area contributed by atoms with Crippen molar-refractivity contribution in [1.82, 2.24) is 0 Å². The number of methoxy groups -OCH3 is 1. The molecule has 1 heterocycles. The highest BCUT2D eigenvalue weighted by atomic mass is 19.1. The number of carbonyl (C=O) groups is 1. The van der Waals surface area contributed by atoms with E-state index in [1.54, 1.807) is 12.1 Å². The van der Waals surface area contributed by atoms with Gasteiger partial charge in [0.25, 0.3) is 0 Å². The summed E-state index contributed by atoms with van der Waals surface area (Å²) in [4.78, 5) is 12.6. The Balaban J connectivity index is 1.77. The highest BCUT2D eigenvalue weighted by Crippen LogP contribution is 2.34. The first kappa shape index (κ1) is 17.4. The molecule has 1 saturated heterocycles. The Hall–Kier alpha value is -2.47. The highest BCUT2D eigenvalue weighted by molar-refractivity contribution is 5.69. The molecule has 4 nitrogen and oxygen atoms in total. The van der Waals surface area contributed by atoms with Crippen molar-refractivity contribution in [3.8, 4) is 16.9 Å². The van der Waals surface area contributed by atoms with Gasteiger partial charge in [0.15, 0.2) is 11.6 Å². The third-order valence-corrected chi connectivity index (χ3v) is 4.57. The quantitative estimate of drug-likeness (QED) is 0.817. The average molecular weight is 346 g/mol. The number of nitrogens with two attached hydrogens (primary N) is 1. The molecular formula is C19H20F2N2O2. The lowest BCUT2D eigenvalue weighted by molar-refractivity contribution is -0.108.